The van der Waals surface area contributed by atoms with Crippen LogP contribution in [-0.4, -0.2) is 24.9 Å². The number of hydrogen-bond acceptors (Lipinski definition) is 4. The van der Waals surface area contributed by atoms with Crippen LogP contribution in [0.15, 0.2) is 42.5 Å². The van der Waals surface area contributed by atoms with Gasteiger partial charge in [0.15, 0.2) is 11.5 Å². The lowest BCUT2D eigenvalue weighted by molar-refractivity contribution is 0.238. The van der Waals surface area contributed by atoms with E-state index in [1.54, 1.807) is 7.11 Å². The highest BCUT2D eigenvalue weighted by atomic mass is 16.5. The summed E-state index contributed by atoms with van der Waals surface area (Å²) in [5, 5.41) is 12.6. The lowest BCUT2D eigenvalue weighted by Crippen LogP contribution is -2.31. The van der Waals surface area contributed by atoms with Gasteiger partial charge in [-0.2, -0.15) is 0 Å². The standard InChI is InChI=1S/C20H27NO3/c1-4-18(13-22)21-12-16-8-9-19(20(11-16)23-3)24-14-17-7-5-6-15(2)10-17/h5-11,18,21-22H,4,12-14H2,1-3H3/t18-/m0/s1. The summed E-state index contributed by atoms with van der Waals surface area (Å²) < 4.78 is 11.4. The van der Waals surface area contributed by atoms with Gasteiger partial charge in [0.05, 0.1) is 13.7 Å². The van der Waals surface area contributed by atoms with Crippen LogP contribution in [0.5, 0.6) is 11.5 Å². The number of hydrogen-bond donors (Lipinski definition) is 2. The molecule has 24 heavy (non-hydrogen) atoms. The van der Waals surface area contributed by atoms with Gasteiger partial charge in [-0.15, -0.1) is 0 Å². The van der Waals surface area contributed by atoms with Crippen LogP contribution in [0.3, 0.4) is 0 Å². The van der Waals surface area contributed by atoms with Crippen molar-refractivity contribution in [1.29, 1.82) is 0 Å². The van der Waals surface area contributed by atoms with Gasteiger partial charge in [-0.1, -0.05) is 42.8 Å². The summed E-state index contributed by atoms with van der Waals surface area (Å²) in [7, 11) is 1.65. The monoisotopic (exact) mass is 329 g/mol. The molecular weight excluding hydrogens is 302 g/mol. The molecule has 4 nitrogen and oxygen atoms in total. The third kappa shape index (κ3) is 5.25. The molecule has 2 N–H and O–H groups in total. The van der Waals surface area contributed by atoms with Gasteiger partial charge in [-0.3, -0.25) is 0 Å². The van der Waals surface area contributed by atoms with Crippen LogP contribution in [0.2, 0.25) is 0 Å². The molecule has 0 saturated carbocycles. The van der Waals surface area contributed by atoms with Gasteiger partial charge >= 0.3 is 0 Å². The maximum atomic E-state index is 9.24. The average Bonchev–Trinajstić information content (AvgIpc) is 2.61. The molecule has 130 valence electrons. The zero-order chi connectivity index (χ0) is 17.4. The van der Waals surface area contributed by atoms with E-state index in [2.05, 4.69) is 37.4 Å². The van der Waals surface area contributed by atoms with Gasteiger partial charge in [0.1, 0.15) is 6.61 Å². The third-order valence-electron chi connectivity index (χ3n) is 4.01. The van der Waals surface area contributed by atoms with Crippen molar-refractivity contribution < 1.29 is 14.6 Å². The quantitative estimate of drug-likeness (QED) is 0.740. The van der Waals surface area contributed by atoms with Crippen LogP contribution in [0, 0.1) is 6.92 Å². The molecule has 0 unspecified atom stereocenters. The van der Waals surface area contributed by atoms with Crippen molar-refractivity contribution in [3.05, 3.63) is 59.2 Å². The van der Waals surface area contributed by atoms with Crippen LogP contribution in [0.1, 0.15) is 30.0 Å². The maximum Gasteiger partial charge on any atom is 0.161 e. The first-order valence-corrected chi connectivity index (χ1v) is 8.35. The molecule has 0 amide bonds. The topological polar surface area (TPSA) is 50.7 Å². The highest BCUT2D eigenvalue weighted by Gasteiger charge is 2.08. The van der Waals surface area contributed by atoms with Crippen LogP contribution < -0.4 is 14.8 Å². The first kappa shape index (κ1) is 18.3. The summed E-state index contributed by atoms with van der Waals surface area (Å²) in [6.07, 6.45) is 0.894. The Labute approximate surface area is 144 Å². The number of aliphatic hydroxyl groups excluding tert-OH is 1. The Kier molecular flexibility index (Phi) is 7.09. The van der Waals surface area contributed by atoms with E-state index in [9.17, 15) is 5.11 Å². The first-order chi connectivity index (χ1) is 11.7. The fourth-order valence-electron chi connectivity index (χ4n) is 2.50. The summed E-state index contributed by atoms with van der Waals surface area (Å²) >= 11 is 0. The number of benzene rings is 2. The highest BCUT2D eigenvalue weighted by Crippen LogP contribution is 2.29. The van der Waals surface area contributed by atoms with E-state index in [0.717, 1.165) is 29.0 Å². The van der Waals surface area contributed by atoms with E-state index < -0.39 is 0 Å². The fourth-order valence-corrected chi connectivity index (χ4v) is 2.50. The zero-order valence-corrected chi connectivity index (χ0v) is 14.7. The van der Waals surface area contributed by atoms with E-state index in [4.69, 9.17) is 9.47 Å². The number of nitrogens with one attached hydrogen (secondary N) is 1. The Morgan fingerprint density at radius 3 is 2.58 bits per heavy atom. The highest BCUT2D eigenvalue weighted by molar-refractivity contribution is 5.43. The van der Waals surface area contributed by atoms with E-state index >= 15 is 0 Å². The van der Waals surface area contributed by atoms with Crippen LogP contribution in [-0.2, 0) is 13.2 Å². The van der Waals surface area contributed by atoms with Crippen molar-refractivity contribution in [2.75, 3.05) is 13.7 Å². The fraction of sp³-hybridized carbons (Fsp3) is 0.400. The van der Waals surface area contributed by atoms with E-state index in [0.29, 0.717) is 13.2 Å². The lowest BCUT2D eigenvalue weighted by atomic mass is 10.1. The summed E-state index contributed by atoms with van der Waals surface area (Å²) in [6.45, 7) is 5.47. The van der Waals surface area contributed by atoms with Gasteiger partial charge in [-0.25, -0.2) is 0 Å². The molecule has 0 bridgehead atoms. The third-order valence-corrected chi connectivity index (χ3v) is 4.01. The molecule has 0 aromatic heterocycles. The van der Waals surface area contributed by atoms with Crippen LogP contribution >= 0.6 is 0 Å². The molecule has 0 heterocycles. The van der Waals surface area contributed by atoms with Crippen molar-refractivity contribution in [2.45, 2.75) is 39.5 Å². The van der Waals surface area contributed by atoms with Crippen LogP contribution in [0.25, 0.3) is 0 Å². The van der Waals surface area contributed by atoms with Crippen LogP contribution in [0.4, 0.5) is 0 Å². The van der Waals surface area contributed by atoms with Crippen molar-refractivity contribution in [1.82, 2.24) is 5.32 Å². The average molecular weight is 329 g/mol. The Balaban J connectivity index is 2.00. The number of aliphatic hydroxyl groups is 1. The summed E-state index contributed by atoms with van der Waals surface area (Å²) in [4.78, 5) is 0. The minimum Gasteiger partial charge on any atom is -0.493 e. The van der Waals surface area contributed by atoms with Crippen molar-refractivity contribution >= 4 is 0 Å². The second kappa shape index (κ2) is 9.30. The Bertz CT molecular complexity index is 639. The second-order valence-electron chi connectivity index (χ2n) is 5.93. The Hall–Kier alpha value is -2.04. The smallest absolute Gasteiger partial charge is 0.161 e. The first-order valence-electron chi connectivity index (χ1n) is 8.35. The number of ether oxygens (including phenoxy) is 2. The molecule has 2 rings (SSSR count). The normalized spacial score (nSPS) is 12.0. The molecular formula is C20H27NO3. The number of methoxy groups -OCH3 is 1. The Morgan fingerprint density at radius 1 is 1.08 bits per heavy atom. The van der Waals surface area contributed by atoms with E-state index in [1.807, 2.05) is 24.3 Å². The largest absolute Gasteiger partial charge is 0.493 e. The minimum atomic E-state index is 0.119. The predicted octanol–water partition coefficient (Wildman–Crippen LogP) is 3.44. The molecule has 2 aromatic rings. The van der Waals surface area contributed by atoms with E-state index in [-0.39, 0.29) is 12.6 Å². The van der Waals surface area contributed by atoms with Gasteiger partial charge in [0.25, 0.3) is 0 Å². The zero-order valence-electron chi connectivity index (χ0n) is 14.7. The molecule has 0 saturated heterocycles. The summed E-state index contributed by atoms with van der Waals surface area (Å²) in [6, 6.07) is 14.3. The van der Waals surface area contributed by atoms with Crippen molar-refractivity contribution in [2.24, 2.45) is 0 Å². The molecule has 0 aliphatic rings. The van der Waals surface area contributed by atoms with Crippen molar-refractivity contribution in [3.63, 3.8) is 0 Å². The summed E-state index contributed by atoms with van der Waals surface area (Å²) in [5.41, 5.74) is 3.46. The minimum absolute atomic E-state index is 0.119. The molecule has 0 spiro atoms. The molecule has 4 heteroatoms. The lowest BCUT2D eigenvalue weighted by Gasteiger charge is -2.16. The molecule has 0 fully saturated rings. The van der Waals surface area contributed by atoms with Gasteiger partial charge < -0.3 is 19.9 Å². The van der Waals surface area contributed by atoms with Crippen molar-refractivity contribution in [3.8, 4) is 11.5 Å². The number of rotatable bonds is 9. The van der Waals surface area contributed by atoms with E-state index in [1.165, 1.54) is 5.56 Å². The summed E-state index contributed by atoms with van der Waals surface area (Å²) in [5.74, 6) is 1.45. The second-order valence-corrected chi connectivity index (χ2v) is 5.93. The molecule has 1 atom stereocenters. The SMILES string of the molecule is CC[C@@H](CO)NCc1ccc(OCc2cccc(C)c2)c(OC)c1. The number of aryl methyl sites for hydroxylation is 1. The van der Waals surface area contributed by atoms with Gasteiger partial charge in [0.2, 0.25) is 0 Å². The molecule has 0 aliphatic carbocycles. The molecule has 0 aliphatic heterocycles. The molecule has 2 aromatic carbocycles. The Morgan fingerprint density at radius 2 is 1.92 bits per heavy atom. The van der Waals surface area contributed by atoms with Gasteiger partial charge in [0, 0.05) is 12.6 Å². The predicted molar refractivity (Wildman–Crippen MR) is 96.5 cm³/mol. The maximum absolute atomic E-state index is 9.24. The van der Waals surface area contributed by atoms with Gasteiger partial charge in [-0.05, 0) is 36.6 Å². The molecule has 0 radical (unpaired) electrons.